The molecule has 2 aromatic carbocycles. The van der Waals surface area contributed by atoms with Crippen molar-refractivity contribution in [1.82, 2.24) is 0 Å². The summed E-state index contributed by atoms with van der Waals surface area (Å²) in [6.07, 6.45) is 0. The molecule has 18 heavy (non-hydrogen) atoms. The van der Waals surface area contributed by atoms with Crippen LogP contribution in [0, 0.1) is 0 Å². The second-order valence-corrected chi connectivity index (χ2v) is 6.55. The number of carbonyl (C=O) groups is 1. The van der Waals surface area contributed by atoms with Gasteiger partial charge in [-0.2, -0.15) is 0 Å². The van der Waals surface area contributed by atoms with E-state index in [1.165, 1.54) is 23.9 Å². The van der Waals surface area contributed by atoms with E-state index < -0.39 is 5.97 Å². The molecule has 0 heterocycles. The third kappa shape index (κ3) is 5.24. The zero-order valence-electron chi connectivity index (χ0n) is 10.4. The van der Waals surface area contributed by atoms with Gasteiger partial charge in [-0.1, -0.05) is 18.2 Å². The number of hydrogen-bond acceptors (Lipinski definition) is 1. The van der Waals surface area contributed by atoms with Crippen molar-refractivity contribution >= 4 is 5.97 Å². The SMILES string of the molecule is C[CH]([Zn])c1ccccc1.O=C(O)c1ccccc1. The van der Waals surface area contributed by atoms with Crippen molar-refractivity contribution in [2.75, 3.05) is 0 Å². The van der Waals surface area contributed by atoms with Crippen LogP contribution in [0.15, 0.2) is 60.7 Å². The summed E-state index contributed by atoms with van der Waals surface area (Å²) in [6, 6.07) is 18.9. The van der Waals surface area contributed by atoms with Crippen LogP contribution in [0.25, 0.3) is 0 Å². The normalized spacial score (nSPS) is 11.1. The summed E-state index contributed by atoms with van der Waals surface area (Å²) in [4.78, 5) is 10.2. The Morgan fingerprint density at radius 2 is 1.44 bits per heavy atom. The minimum Gasteiger partial charge on any atom is -0.478 e. The fourth-order valence-corrected chi connectivity index (χ4v) is 1.93. The van der Waals surface area contributed by atoms with Gasteiger partial charge in [0.1, 0.15) is 0 Å². The molecule has 0 radical (unpaired) electrons. The zero-order chi connectivity index (χ0) is 13.4. The van der Waals surface area contributed by atoms with Crippen LogP contribution < -0.4 is 0 Å². The van der Waals surface area contributed by atoms with E-state index in [9.17, 15) is 4.79 Å². The number of carboxylic acids is 1. The van der Waals surface area contributed by atoms with Crippen LogP contribution >= 0.6 is 0 Å². The van der Waals surface area contributed by atoms with E-state index in [2.05, 4.69) is 37.3 Å². The van der Waals surface area contributed by atoms with Crippen LogP contribution in [0.3, 0.4) is 0 Å². The standard InChI is InChI=1S/C8H9.C7H6O2.Zn/c1-2-8-6-4-3-5-7-8;8-7(9)6-4-2-1-3-5-6;/h2-7H,1H3;1-5H,(H,8,9);. The maximum absolute atomic E-state index is 10.2. The molecule has 0 spiro atoms. The monoisotopic (exact) mass is 291 g/mol. The number of hydrogen-bond donors (Lipinski definition) is 1. The van der Waals surface area contributed by atoms with E-state index in [4.69, 9.17) is 5.11 Å². The second kappa shape index (κ2) is 7.78. The van der Waals surface area contributed by atoms with Crippen LogP contribution in [0.1, 0.15) is 27.4 Å². The number of benzene rings is 2. The van der Waals surface area contributed by atoms with Gasteiger partial charge in [0.15, 0.2) is 0 Å². The van der Waals surface area contributed by atoms with Crippen molar-refractivity contribution in [2.24, 2.45) is 0 Å². The van der Waals surface area contributed by atoms with Gasteiger partial charge in [-0.05, 0) is 12.1 Å². The maximum Gasteiger partial charge on any atom is 0.335 e. The molecule has 0 saturated carbocycles. The Balaban J connectivity index is 0.000000180. The first-order valence-electron chi connectivity index (χ1n) is 5.77. The van der Waals surface area contributed by atoms with Crippen molar-refractivity contribution in [3.05, 3.63) is 71.8 Å². The summed E-state index contributed by atoms with van der Waals surface area (Å²) in [6.45, 7) is 2.26. The average Bonchev–Trinajstić information content (AvgIpc) is 2.41. The molecule has 2 nitrogen and oxygen atoms in total. The molecule has 0 amide bonds. The van der Waals surface area contributed by atoms with E-state index in [1.54, 1.807) is 30.3 Å². The van der Waals surface area contributed by atoms with E-state index in [-0.39, 0.29) is 0 Å². The molecule has 1 unspecified atom stereocenters. The van der Waals surface area contributed by atoms with Crippen molar-refractivity contribution in [1.29, 1.82) is 0 Å². The van der Waals surface area contributed by atoms with E-state index in [1.807, 2.05) is 0 Å². The predicted molar refractivity (Wildman–Crippen MR) is 68.3 cm³/mol. The minimum absolute atomic E-state index is 0.331. The maximum atomic E-state index is 10.2. The summed E-state index contributed by atoms with van der Waals surface area (Å²) in [7, 11) is 0. The Morgan fingerprint density at radius 3 is 1.72 bits per heavy atom. The predicted octanol–water partition coefficient (Wildman–Crippen LogP) is 3.68. The number of carboxylic acid groups (broad SMARTS) is 1. The summed E-state index contributed by atoms with van der Waals surface area (Å²) < 4.78 is 0.784. The molecule has 2 rings (SSSR count). The topological polar surface area (TPSA) is 37.3 Å². The third-order valence-corrected chi connectivity index (χ3v) is 3.38. The molecule has 0 bridgehead atoms. The fourth-order valence-electron chi connectivity index (χ4n) is 1.36. The van der Waals surface area contributed by atoms with Gasteiger partial charge in [0.25, 0.3) is 0 Å². The molecule has 0 aliphatic carbocycles. The summed E-state index contributed by atoms with van der Waals surface area (Å²) in [5, 5.41) is 8.38. The van der Waals surface area contributed by atoms with E-state index in [0.717, 1.165) is 4.51 Å². The van der Waals surface area contributed by atoms with Crippen LogP contribution in [0.5, 0.6) is 0 Å². The molecule has 0 aliphatic heterocycles. The van der Waals surface area contributed by atoms with Gasteiger partial charge in [0.2, 0.25) is 0 Å². The Morgan fingerprint density at radius 1 is 1.00 bits per heavy atom. The smallest absolute Gasteiger partial charge is 0.335 e. The van der Waals surface area contributed by atoms with Gasteiger partial charge in [0.05, 0.1) is 5.56 Å². The number of aromatic carboxylic acids is 1. The Labute approximate surface area is 117 Å². The largest absolute Gasteiger partial charge is 0.478 e. The molecular formula is C15H15O2Zn. The Kier molecular flexibility index (Phi) is 6.31. The first-order chi connectivity index (χ1) is 8.61. The molecule has 0 aliphatic rings. The van der Waals surface area contributed by atoms with Crippen molar-refractivity contribution in [3.8, 4) is 0 Å². The van der Waals surface area contributed by atoms with Gasteiger partial charge < -0.3 is 5.11 Å². The summed E-state index contributed by atoms with van der Waals surface area (Å²) in [5.74, 6) is -0.879. The van der Waals surface area contributed by atoms with Crippen LogP contribution in [0.4, 0.5) is 0 Å². The zero-order valence-corrected chi connectivity index (χ0v) is 13.4. The molecule has 0 fully saturated rings. The summed E-state index contributed by atoms with van der Waals surface area (Å²) >= 11 is 1.35. The van der Waals surface area contributed by atoms with Gasteiger partial charge in [-0.3, -0.25) is 0 Å². The van der Waals surface area contributed by atoms with Crippen molar-refractivity contribution in [3.63, 3.8) is 0 Å². The molecule has 0 saturated heterocycles. The Bertz CT molecular complexity index is 466. The van der Waals surface area contributed by atoms with Crippen LogP contribution in [0.2, 0.25) is 0 Å². The van der Waals surface area contributed by atoms with Crippen LogP contribution in [-0.2, 0) is 18.3 Å². The quantitative estimate of drug-likeness (QED) is 0.857. The van der Waals surface area contributed by atoms with Gasteiger partial charge in [-0.25, -0.2) is 4.79 Å². The molecule has 2 aromatic rings. The first kappa shape index (κ1) is 14.6. The Hall–Kier alpha value is -1.47. The molecule has 1 atom stereocenters. The average molecular weight is 293 g/mol. The number of rotatable bonds is 2. The third-order valence-electron chi connectivity index (χ3n) is 2.39. The molecule has 89 valence electrons. The van der Waals surface area contributed by atoms with E-state index >= 15 is 0 Å². The van der Waals surface area contributed by atoms with Gasteiger partial charge in [-0.15, -0.1) is 0 Å². The molecule has 0 aromatic heterocycles. The molecule has 3 heteroatoms. The van der Waals surface area contributed by atoms with Gasteiger partial charge >= 0.3 is 71.6 Å². The van der Waals surface area contributed by atoms with E-state index in [0.29, 0.717) is 5.56 Å². The summed E-state index contributed by atoms with van der Waals surface area (Å²) in [5.41, 5.74) is 1.80. The molecular weight excluding hydrogens is 278 g/mol. The van der Waals surface area contributed by atoms with Crippen LogP contribution in [-0.4, -0.2) is 11.1 Å². The first-order valence-corrected chi connectivity index (χ1v) is 7.49. The minimum atomic E-state index is -0.879. The van der Waals surface area contributed by atoms with Crippen molar-refractivity contribution in [2.45, 2.75) is 11.4 Å². The molecule has 1 N–H and O–H groups in total. The van der Waals surface area contributed by atoms with Gasteiger partial charge in [0, 0.05) is 0 Å². The fraction of sp³-hybridized carbons (Fsp3) is 0.133. The second-order valence-electron chi connectivity index (χ2n) is 3.98. The van der Waals surface area contributed by atoms with Crippen molar-refractivity contribution < 1.29 is 28.2 Å².